The molecule has 1 amide bonds. The number of hydrogen-bond acceptors (Lipinski definition) is 2. The lowest BCUT2D eigenvalue weighted by atomic mass is 9.99. The van der Waals surface area contributed by atoms with Crippen molar-refractivity contribution in [1.82, 2.24) is 4.90 Å². The lowest BCUT2D eigenvalue weighted by Crippen LogP contribution is -2.29. The van der Waals surface area contributed by atoms with Gasteiger partial charge in [0.25, 0.3) is 0 Å². The van der Waals surface area contributed by atoms with Crippen molar-refractivity contribution in [2.45, 2.75) is 13.3 Å². The Bertz CT molecular complexity index is 553. The second-order valence-electron chi connectivity index (χ2n) is 5.38. The normalized spacial score (nSPS) is 21.9. The first-order chi connectivity index (χ1) is 9.97. The molecule has 1 aromatic rings. The molecule has 1 saturated heterocycles. The Morgan fingerprint density at radius 1 is 1.33 bits per heavy atom. The van der Waals surface area contributed by atoms with Gasteiger partial charge in [-0.1, -0.05) is 31.2 Å². The van der Waals surface area contributed by atoms with E-state index in [1.54, 1.807) is 29.2 Å². The van der Waals surface area contributed by atoms with Gasteiger partial charge >= 0.3 is 5.97 Å². The molecule has 1 aromatic carbocycles. The molecule has 112 valence electrons. The van der Waals surface area contributed by atoms with Crippen LogP contribution in [0.25, 0.3) is 6.08 Å². The predicted molar refractivity (Wildman–Crippen MR) is 76.9 cm³/mol. The number of hydrogen-bond donors (Lipinski definition) is 1. The molecule has 4 nitrogen and oxygen atoms in total. The second-order valence-corrected chi connectivity index (χ2v) is 5.38. The van der Waals surface area contributed by atoms with E-state index >= 15 is 0 Å². The fraction of sp³-hybridized carbons (Fsp3) is 0.375. The number of amides is 1. The average Bonchev–Trinajstić information content (AvgIpc) is 2.83. The van der Waals surface area contributed by atoms with Crippen LogP contribution < -0.4 is 0 Å². The van der Waals surface area contributed by atoms with Crippen LogP contribution >= 0.6 is 0 Å². The molecule has 1 heterocycles. The van der Waals surface area contributed by atoms with Crippen molar-refractivity contribution >= 4 is 18.0 Å². The molecule has 0 aliphatic carbocycles. The number of likely N-dealkylation sites (tertiary alicyclic amines) is 1. The summed E-state index contributed by atoms with van der Waals surface area (Å²) in [6.07, 6.45) is 3.69. The van der Waals surface area contributed by atoms with E-state index < -0.39 is 11.9 Å². The number of aliphatic carboxylic acids is 1. The quantitative estimate of drug-likeness (QED) is 0.926. The van der Waals surface area contributed by atoms with Gasteiger partial charge in [0.05, 0.1) is 5.92 Å². The third kappa shape index (κ3) is 3.90. The summed E-state index contributed by atoms with van der Waals surface area (Å²) in [5, 5.41) is 9.05. The van der Waals surface area contributed by atoms with Crippen LogP contribution in [0.3, 0.4) is 0 Å². The molecule has 5 heteroatoms. The molecular weight excluding hydrogens is 273 g/mol. The maximum Gasteiger partial charge on any atom is 0.308 e. The summed E-state index contributed by atoms with van der Waals surface area (Å²) in [7, 11) is 0. The summed E-state index contributed by atoms with van der Waals surface area (Å²) in [4.78, 5) is 24.6. The highest BCUT2D eigenvalue weighted by Crippen LogP contribution is 2.23. The van der Waals surface area contributed by atoms with Crippen LogP contribution in [0, 0.1) is 17.7 Å². The zero-order valence-corrected chi connectivity index (χ0v) is 11.8. The van der Waals surface area contributed by atoms with E-state index in [4.69, 9.17) is 5.11 Å². The minimum absolute atomic E-state index is 0.0208. The minimum atomic E-state index is -0.848. The van der Waals surface area contributed by atoms with Crippen LogP contribution in [-0.4, -0.2) is 35.0 Å². The van der Waals surface area contributed by atoms with Gasteiger partial charge in [-0.3, -0.25) is 9.59 Å². The van der Waals surface area contributed by atoms with E-state index in [2.05, 4.69) is 0 Å². The number of carbonyl (C=O) groups excluding carboxylic acids is 1. The molecule has 21 heavy (non-hydrogen) atoms. The Balaban J connectivity index is 1.88. The first-order valence-electron chi connectivity index (χ1n) is 6.90. The number of carboxylic acids is 1. The zero-order chi connectivity index (χ0) is 15.4. The van der Waals surface area contributed by atoms with Crippen LogP contribution in [0.15, 0.2) is 30.3 Å². The lowest BCUT2D eigenvalue weighted by Gasteiger charge is -2.14. The Hall–Kier alpha value is -2.17. The number of benzene rings is 1. The topological polar surface area (TPSA) is 57.6 Å². The smallest absolute Gasteiger partial charge is 0.308 e. The fourth-order valence-corrected chi connectivity index (χ4v) is 2.49. The molecule has 1 fully saturated rings. The summed E-state index contributed by atoms with van der Waals surface area (Å²) in [6.45, 7) is 2.61. The van der Waals surface area contributed by atoms with Crippen molar-refractivity contribution in [3.05, 3.63) is 41.7 Å². The SMILES string of the molecule is C[C@@H]1CN(C(=O)C/C=C/c2ccc(F)cc2)C[C@H]1C(=O)O. The Labute approximate surface area is 122 Å². The van der Waals surface area contributed by atoms with E-state index in [-0.39, 0.29) is 30.6 Å². The molecule has 1 aliphatic rings. The van der Waals surface area contributed by atoms with E-state index in [9.17, 15) is 14.0 Å². The van der Waals surface area contributed by atoms with Crippen LogP contribution in [0.2, 0.25) is 0 Å². The number of rotatable bonds is 4. The summed E-state index contributed by atoms with van der Waals surface area (Å²) < 4.78 is 12.7. The molecule has 2 rings (SSSR count). The van der Waals surface area contributed by atoms with E-state index in [1.807, 2.05) is 6.92 Å². The Kier molecular flexibility index (Phi) is 4.73. The largest absolute Gasteiger partial charge is 0.481 e. The highest BCUT2D eigenvalue weighted by atomic mass is 19.1. The van der Waals surface area contributed by atoms with Gasteiger partial charge in [-0.25, -0.2) is 4.39 Å². The molecule has 0 aromatic heterocycles. The van der Waals surface area contributed by atoms with Gasteiger partial charge in [-0.05, 0) is 23.6 Å². The standard InChI is InChI=1S/C16H18FNO3/c1-11-9-18(10-14(11)16(20)21)15(19)4-2-3-12-5-7-13(17)8-6-12/h2-3,5-8,11,14H,4,9-10H2,1H3,(H,20,21)/b3-2+/t11-,14-/m1/s1. The van der Waals surface area contributed by atoms with Gasteiger partial charge in [0, 0.05) is 19.5 Å². The number of carbonyl (C=O) groups is 2. The molecule has 2 atom stereocenters. The van der Waals surface area contributed by atoms with Gasteiger partial charge in [-0.15, -0.1) is 0 Å². The van der Waals surface area contributed by atoms with Gasteiger partial charge in [-0.2, -0.15) is 0 Å². The van der Waals surface area contributed by atoms with E-state index in [0.717, 1.165) is 5.56 Å². The molecule has 0 bridgehead atoms. The van der Waals surface area contributed by atoms with Crippen molar-refractivity contribution in [2.24, 2.45) is 11.8 Å². The molecule has 1 aliphatic heterocycles. The molecule has 0 radical (unpaired) electrons. The first kappa shape index (κ1) is 15.2. The summed E-state index contributed by atoms with van der Waals surface area (Å²) in [6, 6.07) is 5.99. The number of carboxylic acid groups (broad SMARTS) is 1. The highest BCUT2D eigenvalue weighted by Gasteiger charge is 2.36. The Morgan fingerprint density at radius 2 is 2.00 bits per heavy atom. The van der Waals surface area contributed by atoms with E-state index in [0.29, 0.717) is 6.54 Å². The molecular formula is C16H18FNO3. The third-order valence-corrected chi connectivity index (χ3v) is 3.76. The number of nitrogens with zero attached hydrogens (tertiary/aromatic N) is 1. The van der Waals surface area contributed by atoms with Crippen molar-refractivity contribution in [1.29, 1.82) is 0 Å². The fourth-order valence-electron chi connectivity index (χ4n) is 2.49. The van der Waals surface area contributed by atoms with Crippen molar-refractivity contribution in [3.8, 4) is 0 Å². The van der Waals surface area contributed by atoms with Crippen LogP contribution in [0.1, 0.15) is 18.9 Å². The lowest BCUT2D eigenvalue weighted by molar-refractivity contribution is -0.142. The first-order valence-corrected chi connectivity index (χ1v) is 6.90. The monoisotopic (exact) mass is 291 g/mol. The zero-order valence-electron chi connectivity index (χ0n) is 11.8. The maximum absolute atomic E-state index is 12.7. The second kappa shape index (κ2) is 6.52. The average molecular weight is 291 g/mol. The summed E-state index contributed by atoms with van der Waals surface area (Å²) >= 11 is 0. The summed E-state index contributed by atoms with van der Waals surface area (Å²) in [5.74, 6) is -1.72. The Morgan fingerprint density at radius 3 is 2.57 bits per heavy atom. The van der Waals surface area contributed by atoms with Crippen LogP contribution in [0.4, 0.5) is 4.39 Å². The van der Waals surface area contributed by atoms with Gasteiger partial charge in [0.15, 0.2) is 0 Å². The molecule has 0 saturated carbocycles. The van der Waals surface area contributed by atoms with Crippen LogP contribution in [0.5, 0.6) is 0 Å². The van der Waals surface area contributed by atoms with Crippen molar-refractivity contribution < 1.29 is 19.1 Å². The highest BCUT2D eigenvalue weighted by molar-refractivity contribution is 5.80. The molecule has 1 N–H and O–H groups in total. The minimum Gasteiger partial charge on any atom is -0.481 e. The summed E-state index contributed by atoms with van der Waals surface area (Å²) in [5.41, 5.74) is 0.822. The van der Waals surface area contributed by atoms with Gasteiger partial charge < -0.3 is 10.0 Å². The third-order valence-electron chi connectivity index (χ3n) is 3.76. The maximum atomic E-state index is 12.7. The predicted octanol–water partition coefficient (Wildman–Crippen LogP) is 2.41. The number of halogens is 1. The van der Waals surface area contributed by atoms with Crippen LogP contribution in [-0.2, 0) is 9.59 Å². The van der Waals surface area contributed by atoms with Gasteiger partial charge in [0.2, 0.25) is 5.91 Å². The molecule has 0 unspecified atom stereocenters. The van der Waals surface area contributed by atoms with Crippen molar-refractivity contribution in [2.75, 3.05) is 13.1 Å². The van der Waals surface area contributed by atoms with Gasteiger partial charge in [0.1, 0.15) is 5.82 Å². The van der Waals surface area contributed by atoms with Crippen molar-refractivity contribution in [3.63, 3.8) is 0 Å². The van der Waals surface area contributed by atoms with E-state index in [1.165, 1.54) is 12.1 Å². The molecule has 0 spiro atoms.